The molecule has 0 fully saturated rings. The van der Waals surface area contributed by atoms with Gasteiger partial charge in [-0.1, -0.05) is 12.1 Å². The third-order valence-corrected chi connectivity index (χ3v) is 2.61. The van der Waals surface area contributed by atoms with E-state index in [2.05, 4.69) is 4.99 Å². The molecule has 0 aliphatic carbocycles. The van der Waals surface area contributed by atoms with Gasteiger partial charge in [0.05, 0.1) is 0 Å². The van der Waals surface area contributed by atoms with Crippen molar-refractivity contribution in [3.8, 4) is 5.75 Å². The Bertz CT molecular complexity index is 373. The fourth-order valence-electron chi connectivity index (χ4n) is 1.81. The lowest BCUT2D eigenvalue weighted by Crippen LogP contribution is -2.35. The first-order chi connectivity index (χ1) is 8.50. The molecule has 0 heterocycles. The van der Waals surface area contributed by atoms with E-state index in [1.165, 1.54) is 5.56 Å². The number of aryl methyl sites for hydroxylation is 1. The summed E-state index contributed by atoms with van der Waals surface area (Å²) in [7, 11) is 8.00. The minimum absolute atomic E-state index is 0.319. The molecule has 0 saturated carbocycles. The summed E-state index contributed by atoms with van der Waals surface area (Å²) in [5, 5.41) is 9.19. The number of hydrogen-bond acceptors (Lipinski definition) is 2. The van der Waals surface area contributed by atoms with E-state index < -0.39 is 0 Å². The van der Waals surface area contributed by atoms with E-state index in [1.807, 2.05) is 50.1 Å². The molecule has 1 rings (SSSR count). The zero-order chi connectivity index (χ0) is 13.5. The number of guanidine groups is 1. The maximum Gasteiger partial charge on any atom is 0.195 e. The Kier molecular flexibility index (Phi) is 5.49. The fourth-order valence-corrected chi connectivity index (χ4v) is 1.81. The molecule has 0 unspecified atom stereocenters. The monoisotopic (exact) mass is 249 g/mol. The first-order valence-electron chi connectivity index (χ1n) is 6.17. The number of aliphatic imine (C=N–C) groups is 1. The van der Waals surface area contributed by atoms with E-state index >= 15 is 0 Å². The van der Waals surface area contributed by atoms with Crippen LogP contribution in [0.3, 0.4) is 0 Å². The van der Waals surface area contributed by atoms with Gasteiger partial charge in [0.2, 0.25) is 0 Å². The summed E-state index contributed by atoms with van der Waals surface area (Å²) in [6.45, 7) is 0.812. The summed E-state index contributed by atoms with van der Waals surface area (Å²) in [6.07, 6.45) is 1.99. The molecule has 0 aliphatic heterocycles. The quantitative estimate of drug-likeness (QED) is 0.502. The smallest absolute Gasteiger partial charge is 0.195 e. The Morgan fingerprint density at radius 2 is 1.61 bits per heavy atom. The highest BCUT2D eigenvalue weighted by Gasteiger charge is 2.03. The summed E-state index contributed by atoms with van der Waals surface area (Å²) >= 11 is 0. The van der Waals surface area contributed by atoms with Crippen LogP contribution in [-0.4, -0.2) is 55.6 Å². The van der Waals surface area contributed by atoms with Gasteiger partial charge in [0.1, 0.15) is 5.75 Å². The molecule has 100 valence electrons. The van der Waals surface area contributed by atoms with Crippen LogP contribution < -0.4 is 0 Å². The van der Waals surface area contributed by atoms with E-state index in [1.54, 1.807) is 12.1 Å². The highest BCUT2D eigenvalue weighted by atomic mass is 16.3. The highest BCUT2D eigenvalue weighted by molar-refractivity contribution is 5.79. The molecule has 4 nitrogen and oxygen atoms in total. The van der Waals surface area contributed by atoms with Crippen LogP contribution in [0.5, 0.6) is 5.75 Å². The Balaban J connectivity index is 2.41. The molecule has 0 aliphatic rings. The van der Waals surface area contributed by atoms with Crippen LogP contribution in [0.2, 0.25) is 0 Å². The summed E-state index contributed by atoms with van der Waals surface area (Å²) < 4.78 is 0. The maximum absolute atomic E-state index is 9.19. The van der Waals surface area contributed by atoms with Crippen LogP contribution in [-0.2, 0) is 6.42 Å². The summed E-state index contributed by atoms with van der Waals surface area (Å²) in [5.41, 5.74) is 1.24. The van der Waals surface area contributed by atoms with Gasteiger partial charge in [0.15, 0.2) is 5.96 Å². The molecule has 4 heteroatoms. The van der Waals surface area contributed by atoms with Crippen molar-refractivity contribution in [3.63, 3.8) is 0 Å². The summed E-state index contributed by atoms with van der Waals surface area (Å²) in [4.78, 5) is 8.60. The van der Waals surface area contributed by atoms with Gasteiger partial charge in [-0.15, -0.1) is 0 Å². The molecule has 0 saturated heterocycles. The van der Waals surface area contributed by atoms with Crippen LogP contribution in [0.4, 0.5) is 0 Å². The molecule has 18 heavy (non-hydrogen) atoms. The fraction of sp³-hybridized carbons (Fsp3) is 0.500. The second kappa shape index (κ2) is 6.89. The average Bonchev–Trinajstić information content (AvgIpc) is 2.30. The number of nitrogens with zero attached hydrogens (tertiary/aromatic N) is 3. The molecule has 0 aromatic heterocycles. The minimum Gasteiger partial charge on any atom is -0.508 e. The summed E-state index contributed by atoms with van der Waals surface area (Å²) in [6, 6.07) is 7.36. The number of phenols is 1. The Morgan fingerprint density at radius 3 is 2.11 bits per heavy atom. The van der Waals surface area contributed by atoms with Gasteiger partial charge in [-0.2, -0.15) is 0 Å². The maximum atomic E-state index is 9.19. The standard InChI is InChI=1S/C14H23N3O/c1-16(2)14(17(3)4)15-11-5-6-12-7-9-13(18)10-8-12/h7-10,18H,5-6,11H2,1-4H3. The van der Waals surface area contributed by atoms with E-state index in [4.69, 9.17) is 0 Å². The van der Waals surface area contributed by atoms with E-state index in [9.17, 15) is 5.11 Å². The summed E-state index contributed by atoms with van der Waals surface area (Å²) in [5.74, 6) is 1.31. The number of rotatable bonds is 4. The van der Waals surface area contributed by atoms with Gasteiger partial charge in [-0.25, -0.2) is 0 Å². The SMILES string of the molecule is CN(C)C(=NCCCc1ccc(O)cc1)N(C)C. The molecular formula is C14H23N3O. The van der Waals surface area contributed by atoms with Crippen LogP contribution in [0.15, 0.2) is 29.3 Å². The van der Waals surface area contributed by atoms with E-state index in [0.29, 0.717) is 5.75 Å². The Hall–Kier alpha value is -1.71. The van der Waals surface area contributed by atoms with Crippen LogP contribution in [0, 0.1) is 0 Å². The largest absolute Gasteiger partial charge is 0.508 e. The number of aromatic hydroxyl groups is 1. The lowest BCUT2D eigenvalue weighted by Gasteiger charge is -2.22. The van der Waals surface area contributed by atoms with Crippen molar-refractivity contribution in [2.45, 2.75) is 12.8 Å². The molecule has 0 amide bonds. The predicted octanol–water partition coefficient (Wildman–Crippen LogP) is 1.80. The van der Waals surface area contributed by atoms with Gasteiger partial charge in [-0.05, 0) is 30.5 Å². The second-order valence-corrected chi connectivity index (χ2v) is 4.74. The van der Waals surface area contributed by atoms with Gasteiger partial charge >= 0.3 is 0 Å². The third kappa shape index (κ3) is 4.65. The van der Waals surface area contributed by atoms with Crippen LogP contribution >= 0.6 is 0 Å². The van der Waals surface area contributed by atoms with Crippen molar-refractivity contribution in [2.75, 3.05) is 34.7 Å². The zero-order valence-electron chi connectivity index (χ0n) is 11.7. The molecular weight excluding hydrogens is 226 g/mol. The Labute approximate surface area is 110 Å². The minimum atomic E-state index is 0.319. The first-order valence-corrected chi connectivity index (χ1v) is 6.17. The predicted molar refractivity (Wildman–Crippen MR) is 76.1 cm³/mol. The van der Waals surface area contributed by atoms with Crippen molar-refractivity contribution >= 4 is 5.96 Å². The Morgan fingerprint density at radius 1 is 1.06 bits per heavy atom. The zero-order valence-corrected chi connectivity index (χ0v) is 11.7. The molecule has 1 aromatic carbocycles. The lowest BCUT2D eigenvalue weighted by molar-refractivity contribution is 0.475. The molecule has 0 radical (unpaired) electrons. The lowest BCUT2D eigenvalue weighted by atomic mass is 10.1. The molecule has 1 aromatic rings. The van der Waals surface area contributed by atoms with Crippen molar-refractivity contribution in [1.82, 2.24) is 9.80 Å². The van der Waals surface area contributed by atoms with Gasteiger partial charge in [-0.3, -0.25) is 4.99 Å². The number of phenolic OH excluding ortho intramolecular Hbond substituents is 1. The van der Waals surface area contributed by atoms with E-state index in [-0.39, 0.29) is 0 Å². The van der Waals surface area contributed by atoms with Gasteiger partial charge < -0.3 is 14.9 Å². The molecule has 1 N–H and O–H groups in total. The topological polar surface area (TPSA) is 39.1 Å². The van der Waals surface area contributed by atoms with Crippen molar-refractivity contribution in [1.29, 1.82) is 0 Å². The highest BCUT2D eigenvalue weighted by Crippen LogP contribution is 2.11. The van der Waals surface area contributed by atoms with Gasteiger partial charge in [0, 0.05) is 34.7 Å². The van der Waals surface area contributed by atoms with Gasteiger partial charge in [0.25, 0.3) is 0 Å². The van der Waals surface area contributed by atoms with Crippen LogP contribution in [0.1, 0.15) is 12.0 Å². The number of benzene rings is 1. The third-order valence-electron chi connectivity index (χ3n) is 2.61. The molecule has 0 bridgehead atoms. The van der Waals surface area contributed by atoms with Crippen molar-refractivity contribution < 1.29 is 5.11 Å². The van der Waals surface area contributed by atoms with Crippen LogP contribution in [0.25, 0.3) is 0 Å². The van der Waals surface area contributed by atoms with Crippen molar-refractivity contribution in [3.05, 3.63) is 29.8 Å². The average molecular weight is 249 g/mol. The molecule has 0 spiro atoms. The number of hydrogen-bond donors (Lipinski definition) is 1. The normalized spacial score (nSPS) is 10.0. The van der Waals surface area contributed by atoms with E-state index in [0.717, 1.165) is 25.3 Å². The second-order valence-electron chi connectivity index (χ2n) is 4.74. The first kappa shape index (κ1) is 14.4. The molecule has 0 atom stereocenters. The van der Waals surface area contributed by atoms with Crippen molar-refractivity contribution in [2.24, 2.45) is 4.99 Å².